The summed E-state index contributed by atoms with van der Waals surface area (Å²) in [4.78, 5) is 35.7. The van der Waals surface area contributed by atoms with E-state index in [1.807, 2.05) is 6.92 Å². The molecule has 2 aliphatic heterocycles. The first kappa shape index (κ1) is 19.4. The predicted molar refractivity (Wildman–Crippen MR) is 94.4 cm³/mol. The quantitative estimate of drug-likeness (QED) is 0.245. The molecule has 1 aliphatic carbocycles. The van der Waals surface area contributed by atoms with E-state index in [-0.39, 0.29) is 29.3 Å². The van der Waals surface area contributed by atoms with Gasteiger partial charge in [-0.2, -0.15) is 0 Å². The van der Waals surface area contributed by atoms with Gasteiger partial charge in [-0.3, -0.25) is 4.79 Å². The monoisotopic (exact) mass is 376 g/mol. The van der Waals surface area contributed by atoms with Crippen LogP contribution in [0.4, 0.5) is 0 Å². The minimum atomic E-state index is -0.652. The summed E-state index contributed by atoms with van der Waals surface area (Å²) in [5.41, 5.74) is 1.28. The number of rotatable bonds is 3. The Balaban J connectivity index is 1.94. The van der Waals surface area contributed by atoms with Crippen LogP contribution in [0.1, 0.15) is 33.6 Å². The highest BCUT2D eigenvalue weighted by Crippen LogP contribution is 2.41. The fourth-order valence-electron chi connectivity index (χ4n) is 3.61. The minimum absolute atomic E-state index is 0.105. The molecule has 2 fully saturated rings. The second-order valence-electron chi connectivity index (χ2n) is 7.34. The lowest BCUT2D eigenvalue weighted by atomic mass is 9.85. The lowest BCUT2D eigenvalue weighted by molar-refractivity contribution is -0.148. The van der Waals surface area contributed by atoms with Crippen LogP contribution in [0.3, 0.4) is 0 Å². The van der Waals surface area contributed by atoms with Crippen LogP contribution in [0.2, 0.25) is 0 Å². The van der Waals surface area contributed by atoms with Crippen molar-refractivity contribution in [2.45, 2.75) is 64.1 Å². The van der Waals surface area contributed by atoms with Crippen molar-refractivity contribution in [2.24, 2.45) is 5.92 Å². The van der Waals surface area contributed by atoms with E-state index in [9.17, 15) is 14.4 Å². The minimum Gasteiger partial charge on any atom is -0.458 e. The molecule has 3 aliphatic rings. The largest absolute Gasteiger partial charge is 0.458 e. The molecular weight excluding hydrogens is 352 g/mol. The number of hydrogen-bond acceptors (Lipinski definition) is 7. The van der Waals surface area contributed by atoms with Crippen molar-refractivity contribution in [3.63, 3.8) is 0 Å². The van der Waals surface area contributed by atoms with Gasteiger partial charge in [-0.25, -0.2) is 9.59 Å². The van der Waals surface area contributed by atoms with Crippen LogP contribution in [0.5, 0.6) is 0 Å². The summed E-state index contributed by atoms with van der Waals surface area (Å²) in [6.07, 6.45) is 0.662. The Hall–Kier alpha value is -2.41. The summed E-state index contributed by atoms with van der Waals surface area (Å²) >= 11 is 0. The average Bonchev–Trinajstić information content (AvgIpc) is 3.23. The van der Waals surface area contributed by atoms with Crippen LogP contribution < -0.4 is 0 Å². The molecule has 7 nitrogen and oxygen atoms in total. The summed E-state index contributed by atoms with van der Waals surface area (Å²) in [6, 6.07) is 0. The molecule has 0 unspecified atom stereocenters. The molecule has 0 bridgehead atoms. The van der Waals surface area contributed by atoms with Crippen LogP contribution in [-0.2, 0) is 33.3 Å². The molecule has 7 heteroatoms. The first-order valence-corrected chi connectivity index (χ1v) is 8.94. The van der Waals surface area contributed by atoms with Gasteiger partial charge in [0.2, 0.25) is 0 Å². The SMILES string of the molecule is C=C(C)C(=O)O[C@@H]1C[C@H]2O[C@@H]2C[C@H](OC(C)=O)/C(C)=C\[C@H]2OC(=O)C(=C)[C@@H]21. The van der Waals surface area contributed by atoms with E-state index < -0.39 is 36.2 Å². The van der Waals surface area contributed by atoms with Gasteiger partial charge >= 0.3 is 17.9 Å². The summed E-state index contributed by atoms with van der Waals surface area (Å²) in [5.74, 6) is -1.98. The second-order valence-corrected chi connectivity index (χ2v) is 7.34. The maximum absolute atomic E-state index is 12.1. The van der Waals surface area contributed by atoms with Crippen molar-refractivity contribution in [1.82, 2.24) is 0 Å². The highest BCUT2D eigenvalue weighted by Gasteiger charge is 2.50. The van der Waals surface area contributed by atoms with Gasteiger partial charge in [-0.1, -0.05) is 13.2 Å². The lowest BCUT2D eigenvalue weighted by Gasteiger charge is -2.27. The number of carbonyl (C=O) groups is 3. The molecule has 146 valence electrons. The maximum atomic E-state index is 12.1. The molecule has 2 saturated heterocycles. The number of epoxide rings is 1. The molecule has 0 N–H and O–H groups in total. The smallest absolute Gasteiger partial charge is 0.334 e. The molecule has 0 saturated carbocycles. The number of carbonyl (C=O) groups excluding carboxylic acids is 3. The van der Waals surface area contributed by atoms with Gasteiger partial charge in [-0.05, 0) is 25.5 Å². The van der Waals surface area contributed by atoms with Crippen LogP contribution in [0, 0.1) is 5.92 Å². The van der Waals surface area contributed by atoms with Gasteiger partial charge in [-0.15, -0.1) is 0 Å². The Morgan fingerprint density at radius 3 is 2.48 bits per heavy atom. The van der Waals surface area contributed by atoms with E-state index in [4.69, 9.17) is 18.9 Å². The highest BCUT2D eigenvalue weighted by molar-refractivity contribution is 5.91. The molecule has 0 spiro atoms. The summed E-state index contributed by atoms with van der Waals surface area (Å²) in [5, 5.41) is 0. The predicted octanol–water partition coefficient (Wildman–Crippen LogP) is 2.01. The first-order chi connectivity index (χ1) is 12.7. The van der Waals surface area contributed by atoms with Crippen LogP contribution in [0.15, 0.2) is 36.0 Å². The van der Waals surface area contributed by atoms with Crippen molar-refractivity contribution in [3.8, 4) is 0 Å². The third-order valence-corrected chi connectivity index (χ3v) is 5.11. The van der Waals surface area contributed by atoms with Crippen LogP contribution in [0.25, 0.3) is 0 Å². The molecular formula is C20H24O7. The third kappa shape index (κ3) is 4.13. The lowest BCUT2D eigenvalue weighted by Crippen LogP contribution is -2.35. The third-order valence-electron chi connectivity index (χ3n) is 5.11. The molecule has 0 aromatic carbocycles. The number of fused-ring (bicyclic) bond motifs is 2. The van der Waals surface area contributed by atoms with E-state index >= 15 is 0 Å². The summed E-state index contributed by atoms with van der Waals surface area (Å²) in [6.45, 7) is 12.2. The van der Waals surface area contributed by atoms with Gasteiger partial charge < -0.3 is 18.9 Å². The molecule has 3 rings (SSSR count). The Morgan fingerprint density at radius 2 is 1.85 bits per heavy atom. The zero-order valence-corrected chi connectivity index (χ0v) is 15.7. The topological polar surface area (TPSA) is 91.4 Å². The van der Waals surface area contributed by atoms with E-state index in [1.165, 1.54) is 6.92 Å². The number of ether oxygens (including phenoxy) is 4. The van der Waals surface area contributed by atoms with Gasteiger partial charge in [0.05, 0.1) is 18.1 Å². The van der Waals surface area contributed by atoms with E-state index in [1.54, 1.807) is 13.0 Å². The standard InChI is InChI=1S/C20H24O7/c1-9(2)19(22)26-17-8-15-14(25-15)7-13(24-12(5)21)10(3)6-16-18(17)11(4)20(23)27-16/h6,13-18H,1,4,7-8H2,2-3,5H3/b10-6-/t13-,14+,15+,16+,17+,18-/m0/s1. The zero-order valence-electron chi connectivity index (χ0n) is 15.7. The Morgan fingerprint density at radius 1 is 1.19 bits per heavy atom. The first-order valence-electron chi connectivity index (χ1n) is 8.94. The Labute approximate surface area is 158 Å². The molecule has 2 heterocycles. The molecule has 0 amide bonds. The fourth-order valence-corrected chi connectivity index (χ4v) is 3.61. The Bertz CT molecular complexity index is 735. The van der Waals surface area contributed by atoms with Crippen molar-refractivity contribution in [1.29, 1.82) is 0 Å². The van der Waals surface area contributed by atoms with Gasteiger partial charge in [0.25, 0.3) is 0 Å². The van der Waals surface area contributed by atoms with E-state index in [0.29, 0.717) is 12.8 Å². The van der Waals surface area contributed by atoms with Crippen LogP contribution in [-0.4, -0.2) is 48.4 Å². The van der Waals surface area contributed by atoms with E-state index in [2.05, 4.69) is 13.2 Å². The molecule has 0 aromatic rings. The summed E-state index contributed by atoms with van der Waals surface area (Å²) in [7, 11) is 0. The molecule has 6 atom stereocenters. The van der Waals surface area contributed by atoms with Gasteiger partial charge in [0.15, 0.2) is 0 Å². The van der Waals surface area contributed by atoms with Crippen molar-refractivity contribution in [3.05, 3.63) is 36.0 Å². The zero-order chi connectivity index (χ0) is 19.9. The molecule has 0 aromatic heterocycles. The van der Waals surface area contributed by atoms with Crippen molar-refractivity contribution < 1.29 is 33.3 Å². The molecule has 0 radical (unpaired) electrons. The average molecular weight is 376 g/mol. The number of hydrogen-bond donors (Lipinski definition) is 0. The second kappa shape index (κ2) is 7.31. The maximum Gasteiger partial charge on any atom is 0.334 e. The van der Waals surface area contributed by atoms with Crippen molar-refractivity contribution >= 4 is 17.9 Å². The van der Waals surface area contributed by atoms with Gasteiger partial charge in [0.1, 0.15) is 18.3 Å². The van der Waals surface area contributed by atoms with Crippen LogP contribution >= 0.6 is 0 Å². The normalized spacial score (nSPS) is 37.1. The molecule has 27 heavy (non-hydrogen) atoms. The fraction of sp³-hybridized carbons (Fsp3) is 0.550. The number of esters is 3. The summed E-state index contributed by atoms with van der Waals surface area (Å²) < 4.78 is 22.2. The van der Waals surface area contributed by atoms with Crippen molar-refractivity contribution in [2.75, 3.05) is 0 Å². The Kier molecular flexibility index (Phi) is 5.24. The van der Waals surface area contributed by atoms with E-state index in [0.717, 1.165) is 5.57 Å². The van der Waals surface area contributed by atoms with Gasteiger partial charge in [0, 0.05) is 30.9 Å². The highest BCUT2D eigenvalue weighted by atomic mass is 16.6.